The molecule has 1 aromatic carbocycles. The molecule has 192 valence electrons. The number of benzene rings is 1. The lowest BCUT2D eigenvalue weighted by Gasteiger charge is -2.20. The van der Waals surface area contributed by atoms with Crippen molar-refractivity contribution in [1.29, 1.82) is 0 Å². The van der Waals surface area contributed by atoms with Crippen LogP contribution in [0.4, 0.5) is 15.0 Å². The fourth-order valence-corrected chi connectivity index (χ4v) is 4.65. The van der Waals surface area contributed by atoms with Gasteiger partial charge >= 0.3 is 6.03 Å². The van der Waals surface area contributed by atoms with Gasteiger partial charge in [-0.3, -0.25) is 19.9 Å². The van der Waals surface area contributed by atoms with Crippen molar-refractivity contribution < 1.29 is 13.9 Å². The highest BCUT2D eigenvalue weighted by Crippen LogP contribution is 2.28. The van der Waals surface area contributed by atoms with Crippen LogP contribution < -0.4 is 10.6 Å². The molecule has 5 rings (SSSR count). The zero-order chi connectivity index (χ0) is 25.8. The minimum Gasteiger partial charge on any atom is -0.383 e. The summed E-state index contributed by atoms with van der Waals surface area (Å²) in [5, 5.41) is 15.0. The standard InChI is InChI=1S/C26H29FN8O2/c1-33-15-19(13-29-33)23-11-25(35(32-23)21-6-4-3-5-7-21)31-26(36)30-24-17-34(8-9-37-2)16-22(24)18-10-20(27)14-28-12-18/h3-7,10-15,22,24H,8-9,16-17H2,1-2H3,(H2,30,31,36)/t22?,24-/m1/s1. The van der Waals surface area contributed by atoms with Crippen molar-refractivity contribution in [1.82, 2.24) is 34.8 Å². The lowest BCUT2D eigenvalue weighted by atomic mass is 9.96. The van der Waals surface area contributed by atoms with Crippen molar-refractivity contribution in [3.63, 3.8) is 0 Å². The van der Waals surface area contributed by atoms with Crippen LogP contribution in [0.25, 0.3) is 16.9 Å². The molecular weight excluding hydrogens is 475 g/mol. The fourth-order valence-electron chi connectivity index (χ4n) is 4.65. The van der Waals surface area contributed by atoms with Gasteiger partial charge in [0.25, 0.3) is 0 Å². The number of carbonyl (C=O) groups excluding carboxylic acids is 1. The number of hydrogen-bond donors (Lipinski definition) is 2. The van der Waals surface area contributed by atoms with E-state index in [1.54, 1.807) is 28.9 Å². The average Bonchev–Trinajstić information content (AvgIpc) is 3.62. The first kappa shape index (κ1) is 24.6. The summed E-state index contributed by atoms with van der Waals surface area (Å²) >= 11 is 0. The summed E-state index contributed by atoms with van der Waals surface area (Å²) in [5.41, 5.74) is 3.08. The number of pyridine rings is 1. The third-order valence-corrected chi connectivity index (χ3v) is 6.43. The van der Waals surface area contributed by atoms with Gasteiger partial charge < -0.3 is 10.1 Å². The number of para-hydroxylation sites is 1. The molecule has 2 amide bonds. The van der Waals surface area contributed by atoms with Crippen LogP contribution in [-0.4, -0.2) is 74.9 Å². The van der Waals surface area contributed by atoms with Gasteiger partial charge in [-0.15, -0.1) is 0 Å². The number of ether oxygens (including phenoxy) is 1. The predicted molar refractivity (Wildman–Crippen MR) is 137 cm³/mol. The molecule has 1 fully saturated rings. The number of nitrogens with zero attached hydrogens (tertiary/aromatic N) is 6. The summed E-state index contributed by atoms with van der Waals surface area (Å²) in [7, 11) is 3.50. The molecule has 0 radical (unpaired) electrons. The normalized spacial score (nSPS) is 17.7. The molecule has 11 heteroatoms. The van der Waals surface area contributed by atoms with E-state index in [0.29, 0.717) is 37.8 Å². The van der Waals surface area contributed by atoms with E-state index in [1.165, 1.54) is 12.3 Å². The van der Waals surface area contributed by atoms with Crippen LogP contribution in [-0.2, 0) is 11.8 Å². The van der Waals surface area contributed by atoms with Gasteiger partial charge in [-0.05, 0) is 23.8 Å². The van der Waals surface area contributed by atoms with E-state index < -0.39 is 5.82 Å². The third-order valence-electron chi connectivity index (χ3n) is 6.43. The fraction of sp³-hybridized carbons (Fsp3) is 0.308. The summed E-state index contributed by atoms with van der Waals surface area (Å²) in [4.78, 5) is 19.5. The first-order chi connectivity index (χ1) is 18.0. The Morgan fingerprint density at radius 3 is 2.73 bits per heavy atom. The molecule has 1 saturated heterocycles. The van der Waals surface area contributed by atoms with E-state index in [9.17, 15) is 9.18 Å². The van der Waals surface area contributed by atoms with Crippen molar-refractivity contribution >= 4 is 11.8 Å². The molecule has 4 heterocycles. The van der Waals surface area contributed by atoms with Crippen molar-refractivity contribution in [3.05, 3.63) is 78.6 Å². The average molecular weight is 505 g/mol. The van der Waals surface area contributed by atoms with Gasteiger partial charge in [0.2, 0.25) is 0 Å². The van der Waals surface area contributed by atoms with Gasteiger partial charge in [-0.2, -0.15) is 10.2 Å². The molecule has 0 spiro atoms. The molecule has 2 atom stereocenters. The van der Waals surface area contributed by atoms with E-state index in [0.717, 1.165) is 16.8 Å². The van der Waals surface area contributed by atoms with Crippen molar-refractivity contribution in [2.75, 3.05) is 38.7 Å². The second-order valence-corrected chi connectivity index (χ2v) is 9.07. The Hall–Kier alpha value is -4.09. The molecule has 4 aromatic rings. The van der Waals surface area contributed by atoms with Crippen molar-refractivity contribution in [3.8, 4) is 16.9 Å². The van der Waals surface area contributed by atoms with E-state index in [4.69, 9.17) is 9.84 Å². The maximum atomic E-state index is 13.9. The number of urea groups is 1. The Morgan fingerprint density at radius 2 is 2.00 bits per heavy atom. The zero-order valence-electron chi connectivity index (χ0n) is 20.7. The molecule has 37 heavy (non-hydrogen) atoms. The SMILES string of the molecule is COCCN1CC(c2cncc(F)c2)[C@H](NC(=O)Nc2cc(-c3cnn(C)c3)nn2-c2ccccc2)C1. The summed E-state index contributed by atoms with van der Waals surface area (Å²) in [5.74, 6) is 0.00212. The Morgan fingerprint density at radius 1 is 1.16 bits per heavy atom. The van der Waals surface area contributed by atoms with Crippen molar-refractivity contribution in [2.45, 2.75) is 12.0 Å². The largest absolute Gasteiger partial charge is 0.383 e. The molecule has 0 aliphatic carbocycles. The Kier molecular flexibility index (Phi) is 7.24. The number of aromatic nitrogens is 5. The molecule has 1 aliphatic rings. The Balaban J connectivity index is 1.38. The second-order valence-electron chi connectivity index (χ2n) is 9.07. The first-order valence-corrected chi connectivity index (χ1v) is 12.0. The lowest BCUT2D eigenvalue weighted by molar-refractivity contribution is 0.159. The maximum Gasteiger partial charge on any atom is 0.320 e. The van der Waals surface area contributed by atoms with Gasteiger partial charge in [0.05, 0.1) is 36.4 Å². The number of rotatable bonds is 8. The van der Waals surface area contributed by atoms with E-state index in [-0.39, 0.29) is 18.0 Å². The van der Waals surface area contributed by atoms with Crippen LogP contribution in [0.1, 0.15) is 11.5 Å². The van der Waals surface area contributed by atoms with E-state index >= 15 is 0 Å². The minimum absolute atomic E-state index is 0.115. The van der Waals surface area contributed by atoms with Crippen LogP contribution in [0, 0.1) is 5.82 Å². The number of amides is 2. The monoisotopic (exact) mass is 504 g/mol. The van der Waals surface area contributed by atoms with Crippen LogP contribution in [0.15, 0.2) is 67.3 Å². The summed E-state index contributed by atoms with van der Waals surface area (Å²) in [6.07, 6.45) is 6.43. The highest BCUT2D eigenvalue weighted by molar-refractivity contribution is 5.89. The third kappa shape index (κ3) is 5.68. The number of likely N-dealkylation sites (tertiary alicyclic amines) is 1. The number of methoxy groups -OCH3 is 1. The highest BCUT2D eigenvalue weighted by atomic mass is 19.1. The smallest absolute Gasteiger partial charge is 0.320 e. The number of carbonyl (C=O) groups is 1. The van der Waals surface area contributed by atoms with Gasteiger partial charge in [0, 0.05) is 63.7 Å². The van der Waals surface area contributed by atoms with Gasteiger partial charge in [0.15, 0.2) is 0 Å². The lowest BCUT2D eigenvalue weighted by Crippen LogP contribution is -2.42. The minimum atomic E-state index is -0.397. The van der Waals surface area contributed by atoms with Crippen LogP contribution in [0.3, 0.4) is 0 Å². The van der Waals surface area contributed by atoms with Crippen molar-refractivity contribution in [2.24, 2.45) is 7.05 Å². The molecule has 1 aliphatic heterocycles. The number of aryl methyl sites for hydroxylation is 1. The number of nitrogens with one attached hydrogen (secondary N) is 2. The van der Waals surface area contributed by atoms with Gasteiger partial charge in [-0.1, -0.05) is 18.2 Å². The first-order valence-electron chi connectivity index (χ1n) is 12.0. The van der Waals surface area contributed by atoms with Gasteiger partial charge in [-0.25, -0.2) is 13.9 Å². The predicted octanol–water partition coefficient (Wildman–Crippen LogP) is 3.04. The van der Waals surface area contributed by atoms with E-state index in [2.05, 4.69) is 25.6 Å². The molecule has 1 unspecified atom stereocenters. The zero-order valence-corrected chi connectivity index (χ0v) is 20.7. The van der Waals surface area contributed by atoms with Gasteiger partial charge in [0.1, 0.15) is 11.6 Å². The topological polar surface area (TPSA) is 102 Å². The van der Waals surface area contributed by atoms with E-state index in [1.807, 2.05) is 49.6 Å². The van der Waals surface area contributed by atoms with Crippen LogP contribution >= 0.6 is 0 Å². The summed E-state index contributed by atoms with van der Waals surface area (Å²) in [6.45, 7) is 2.55. The number of halogens is 1. The molecule has 2 N–H and O–H groups in total. The maximum absolute atomic E-state index is 13.9. The van der Waals surface area contributed by atoms with Crippen LogP contribution in [0.5, 0.6) is 0 Å². The van der Waals surface area contributed by atoms with Crippen LogP contribution in [0.2, 0.25) is 0 Å². The summed E-state index contributed by atoms with van der Waals surface area (Å²) in [6, 6.07) is 12.3. The molecular formula is C26H29FN8O2. The number of anilines is 1. The molecule has 10 nitrogen and oxygen atoms in total. The molecule has 0 saturated carbocycles. The summed E-state index contributed by atoms with van der Waals surface area (Å²) < 4.78 is 22.6. The molecule has 3 aromatic heterocycles. The highest BCUT2D eigenvalue weighted by Gasteiger charge is 2.35. The molecule has 0 bridgehead atoms. The Bertz CT molecular complexity index is 1360. The Labute approximate surface area is 214 Å². The quantitative estimate of drug-likeness (QED) is 0.383. The second kappa shape index (κ2) is 10.9. The number of hydrogen-bond acceptors (Lipinski definition) is 6.